The molecule has 0 spiro atoms. The predicted octanol–water partition coefficient (Wildman–Crippen LogP) is 5.19. The Balaban J connectivity index is 1.79. The number of sulfonamides is 1. The van der Waals surface area contributed by atoms with Crippen LogP contribution in [0.5, 0.6) is 0 Å². The number of hydrogen-bond acceptors (Lipinski definition) is 4. The molecule has 2 amide bonds. The molecule has 4 aromatic rings. The maximum atomic E-state index is 14.3. The highest BCUT2D eigenvalue weighted by Crippen LogP contribution is 2.26. The third kappa shape index (κ3) is 7.44. The van der Waals surface area contributed by atoms with Gasteiger partial charge in [0.25, 0.3) is 10.0 Å². The van der Waals surface area contributed by atoms with E-state index in [0.717, 1.165) is 32.1 Å². The van der Waals surface area contributed by atoms with Crippen molar-refractivity contribution in [3.8, 4) is 0 Å². The van der Waals surface area contributed by atoms with Gasteiger partial charge in [0.15, 0.2) is 0 Å². The van der Waals surface area contributed by atoms with E-state index in [1.54, 1.807) is 42.5 Å². The van der Waals surface area contributed by atoms with Crippen molar-refractivity contribution >= 4 is 27.5 Å². The Labute approximate surface area is 248 Å². The average Bonchev–Trinajstić information content (AvgIpc) is 2.98. The summed E-state index contributed by atoms with van der Waals surface area (Å²) >= 11 is 0. The van der Waals surface area contributed by atoms with E-state index in [4.69, 9.17) is 0 Å². The summed E-state index contributed by atoms with van der Waals surface area (Å²) < 4.78 is 29.2. The third-order valence-corrected chi connectivity index (χ3v) is 8.92. The minimum absolute atomic E-state index is 0.0831. The lowest BCUT2D eigenvalue weighted by Crippen LogP contribution is -2.53. The number of aryl methyl sites for hydroxylation is 3. The number of nitrogens with zero attached hydrogens (tertiary/aromatic N) is 2. The summed E-state index contributed by atoms with van der Waals surface area (Å²) in [6.07, 6.45) is 0.271. The maximum absolute atomic E-state index is 14.3. The van der Waals surface area contributed by atoms with Crippen molar-refractivity contribution in [2.24, 2.45) is 0 Å². The van der Waals surface area contributed by atoms with Crippen LogP contribution in [0.25, 0.3) is 0 Å². The molecule has 218 valence electrons. The highest BCUT2D eigenvalue weighted by atomic mass is 32.2. The first-order valence-corrected chi connectivity index (χ1v) is 15.3. The van der Waals surface area contributed by atoms with E-state index >= 15 is 0 Å². The van der Waals surface area contributed by atoms with Gasteiger partial charge in [-0.1, -0.05) is 90.0 Å². The summed E-state index contributed by atoms with van der Waals surface area (Å²) in [5, 5.41) is 2.71. The van der Waals surface area contributed by atoms with Crippen LogP contribution in [0.1, 0.15) is 27.8 Å². The topological polar surface area (TPSA) is 86.8 Å². The summed E-state index contributed by atoms with van der Waals surface area (Å²) in [5.41, 5.74) is 4.89. The van der Waals surface area contributed by atoms with Gasteiger partial charge in [-0.3, -0.25) is 13.9 Å². The first-order chi connectivity index (χ1) is 20.1. The number of rotatable bonds is 11. The SMILES string of the molecule is CNC(=O)[C@H](Cc1ccccc1)N(Cc1cccc(C)c1)C(=O)CN(c1cccc(C)c1)S(=O)(=O)c1ccc(C)cc1. The Bertz CT molecular complexity index is 1640. The molecular weight excluding hydrogens is 546 g/mol. The second-order valence-corrected chi connectivity index (χ2v) is 12.4. The van der Waals surface area contributed by atoms with Gasteiger partial charge in [-0.15, -0.1) is 0 Å². The molecule has 0 aliphatic heterocycles. The van der Waals surface area contributed by atoms with E-state index in [9.17, 15) is 18.0 Å². The van der Waals surface area contributed by atoms with Gasteiger partial charge in [0.2, 0.25) is 11.8 Å². The second-order valence-electron chi connectivity index (χ2n) is 10.5. The van der Waals surface area contributed by atoms with Gasteiger partial charge in [-0.25, -0.2) is 8.42 Å². The van der Waals surface area contributed by atoms with Crippen LogP contribution in [-0.4, -0.2) is 44.8 Å². The number of amides is 2. The molecule has 8 heteroatoms. The molecule has 0 unspecified atom stereocenters. The smallest absolute Gasteiger partial charge is 0.264 e. The fourth-order valence-electron chi connectivity index (χ4n) is 4.88. The van der Waals surface area contributed by atoms with Gasteiger partial charge in [0.1, 0.15) is 12.6 Å². The van der Waals surface area contributed by atoms with Gasteiger partial charge in [0.05, 0.1) is 10.6 Å². The van der Waals surface area contributed by atoms with E-state index in [1.807, 2.05) is 81.4 Å². The summed E-state index contributed by atoms with van der Waals surface area (Å²) in [6.45, 7) is 5.37. The summed E-state index contributed by atoms with van der Waals surface area (Å²) in [4.78, 5) is 29.2. The van der Waals surface area contributed by atoms with Crippen LogP contribution in [0, 0.1) is 20.8 Å². The Hall–Kier alpha value is -4.43. The monoisotopic (exact) mass is 583 g/mol. The van der Waals surface area contributed by atoms with Crippen molar-refractivity contribution in [1.29, 1.82) is 0 Å². The second kappa shape index (κ2) is 13.5. The molecule has 1 atom stereocenters. The van der Waals surface area contributed by atoms with Gasteiger partial charge in [-0.2, -0.15) is 0 Å². The number of carbonyl (C=O) groups is 2. The molecule has 0 saturated heterocycles. The molecule has 0 aromatic heterocycles. The van der Waals surface area contributed by atoms with E-state index in [2.05, 4.69) is 5.32 Å². The van der Waals surface area contributed by atoms with Crippen LogP contribution in [-0.2, 0) is 32.6 Å². The molecule has 0 bridgehead atoms. The zero-order valence-electron chi connectivity index (χ0n) is 24.4. The van der Waals surface area contributed by atoms with Crippen molar-refractivity contribution in [2.45, 2.75) is 44.7 Å². The van der Waals surface area contributed by atoms with Crippen molar-refractivity contribution in [3.05, 3.63) is 131 Å². The number of carbonyl (C=O) groups excluding carboxylic acids is 2. The number of hydrogen-bond donors (Lipinski definition) is 1. The van der Waals surface area contributed by atoms with Crippen LogP contribution in [0.3, 0.4) is 0 Å². The summed E-state index contributed by atoms with van der Waals surface area (Å²) in [6, 6.07) is 29.9. The lowest BCUT2D eigenvalue weighted by molar-refractivity contribution is -0.139. The normalized spacial score (nSPS) is 11.9. The van der Waals surface area contributed by atoms with Gasteiger partial charge in [-0.05, 0) is 61.7 Å². The number of likely N-dealkylation sites (N-methyl/N-ethyl adjacent to an activating group) is 1. The fourth-order valence-corrected chi connectivity index (χ4v) is 6.28. The van der Waals surface area contributed by atoms with Gasteiger partial charge < -0.3 is 10.2 Å². The molecule has 42 heavy (non-hydrogen) atoms. The molecule has 0 saturated carbocycles. The minimum Gasteiger partial charge on any atom is -0.357 e. The molecule has 0 aliphatic carbocycles. The van der Waals surface area contributed by atoms with E-state index in [-0.39, 0.29) is 23.8 Å². The standard InChI is InChI=1S/C34H37N3O4S/c1-25-16-18-31(19-17-25)42(40,41)37(30-15-9-11-27(3)21-30)24-33(38)36(23-29-14-8-10-26(2)20-29)32(34(39)35-4)22-28-12-6-5-7-13-28/h5-21,32H,22-24H2,1-4H3,(H,35,39)/t32-/m0/s1. The van der Waals surface area contributed by atoms with E-state index in [1.165, 1.54) is 11.9 Å². The highest BCUT2D eigenvalue weighted by Gasteiger charge is 2.34. The summed E-state index contributed by atoms with van der Waals surface area (Å²) in [5.74, 6) is -0.818. The minimum atomic E-state index is -4.12. The fraction of sp³-hybridized carbons (Fsp3) is 0.235. The Kier molecular flexibility index (Phi) is 9.80. The quantitative estimate of drug-likeness (QED) is 0.263. The largest absolute Gasteiger partial charge is 0.357 e. The molecule has 0 fully saturated rings. The zero-order valence-corrected chi connectivity index (χ0v) is 25.3. The molecule has 7 nitrogen and oxygen atoms in total. The molecule has 0 heterocycles. The first kappa shape index (κ1) is 30.5. The Morgan fingerprint density at radius 3 is 1.98 bits per heavy atom. The third-order valence-electron chi connectivity index (χ3n) is 7.13. The van der Waals surface area contributed by atoms with E-state index < -0.39 is 28.5 Å². The van der Waals surface area contributed by atoms with Gasteiger partial charge in [0, 0.05) is 20.0 Å². The van der Waals surface area contributed by atoms with Crippen molar-refractivity contribution < 1.29 is 18.0 Å². The molecular formula is C34H37N3O4S. The summed E-state index contributed by atoms with van der Waals surface area (Å²) in [7, 11) is -2.58. The van der Waals surface area contributed by atoms with Crippen molar-refractivity contribution in [2.75, 3.05) is 17.9 Å². The lowest BCUT2D eigenvalue weighted by atomic mass is 10.0. The highest BCUT2D eigenvalue weighted by molar-refractivity contribution is 7.92. The van der Waals surface area contributed by atoms with Crippen LogP contribution in [0.2, 0.25) is 0 Å². The predicted molar refractivity (Wildman–Crippen MR) is 167 cm³/mol. The molecule has 1 N–H and O–H groups in total. The van der Waals surface area contributed by atoms with Crippen LogP contribution < -0.4 is 9.62 Å². The van der Waals surface area contributed by atoms with Gasteiger partial charge >= 0.3 is 0 Å². The van der Waals surface area contributed by atoms with Crippen LogP contribution in [0.15, 0.2) is 108 Å². The zero-order chi connectivity index (χ0) is 30.3. The number of nitrogens with one attached hydrogen (secondary N) is 1. The molecule has 0 radical (unpaired) electrons. The maximum Gasteiger partial charge on any atom is 0.264 e. The van der Waals surface area contributed by atoms with Crippen LogP contribution in [0.4, 0.5) is 5.69 Å². The lowest BCUT2D eigenvalue weighted by Gasteiger charge is -2.33. The molecule has 0 aliphatic rings. The van der Waals surface area contributed by atoms with Crippen molar-refractivity contribution in [3.63, 3.8) is 0 Å². The average molecular weight is 584 g/mol. The van der Waals surface area contributed by atoms with Crippen molar-refractivity contribution in [1.82, 2.24) is 10.2 Å². The number of anilines is 1. The first-order valence-electron chi connectivity index (χ1n) is 13.8. The number of benzene rings is 4. The molecule has 4 rings (SSSR count). The van der Waals surface area contributed by atoms with Crippen LogP contribution >= 0.6 is 0 Å². The Morgan fingerprint density at radius 2 is 1.36 bits per heavy atom. The van der Waals surface area contributed by atoms with E-state index in [0.29, 0.717) is 5.69 Å². The molecule has 4 aromatic carbocycles. The Morgan fingerprint density at radius 1 is 0.738 bits per heavy atom.